The number of aryl methyl sites for hydroxylation is 1. The summed E-state index contributed by atoms with van der Waals surface area (Å²) in [4.78, 5) is 16.1. The van der Waals surface area contributed by atoms with Crippen molar-refractivity contribution in [1.29, 1.82) is 0 Å². The van der Waals surface area contributed by atoms with Gasteiger partial charge in [-0.1, -0.05) is 18.2 Å². The Bertz CT molecular complexity index is 710. The molecule has 0 atom stereocenters. The number of aromatic nitrogens is 1. The predicted molar refractivity (Wildman–Crippen MR) is 79.8 cm³/mol. The second kappa shape index (κ2) is 6.49. The lowest BCUT2D eigenvalue weighted by molar-refractivity contribution is 0.0956. The maximum atomic E-state index is 12.0. The van der Waals surface area contributed by atoms with Crippen LogP contribution in [0.3, 0.4) is 0 Å². The van der Waals surface area contributed by atoms with Gasteiger partial charge in [-0.15, -0.1) is 0 Å². The maximum absolute atomic E-state index is 12.0. The molecule has 21 heavy (non-hydrogen) atoms. The molecule has 0 fully saturated rings. The lowest BCUT2D eigenvalue weighted by atomic mass is 10.2. The van der Waals surface area contributed by atoms with Gasteiger partial charge in [-0.2, -0.15) is 0 Å². The molecule has 1 aromatic carbocycles. The van der Waals surface area contributed by atoms with Gasteiger partial charge >= 0.3 is 0 Å². The summed E-state index contributed by atoms with van der Waals surface area (Å²) < 4.78 is 24.1. The summed E-state index contributed by atoms with van der Waals surface area (Å²) in [5.74, 6) is -0.465. The van der Waals surface area contributed by atoms with Crippen molar-refractivity contribution >= 4 is 15.7 Å². The molecule has 0 spiro atoms. The minimum atomic E-state index is -3.38. The standard InChI is InChI=1S/C15H16N2O3S/c1-12-7-8-13(11-17-12)15(18)16-9-10-21(19,20)14-5-3-2-4-6-14/h2-8,11H,9-10H2,1H3,(H,16,18). The monoisotopic (exact) mass is 304 g/mol. The Morgan fingerprint density at radius 2 is 1.86 bits per heavy atom. The molecule has 1 aromatic heterocycles. The maximum Gasteiger partial charge on any atom is 0.252 e. The molecule has 0 unspecified atom stereocenters. The second-order valence-corrected chi connectivity index (χ2v) is 6.69. The molecule has 0 bridgehead atoms. The van der Waals surface area contributed by atoms with Crippen LogP contribution in [0.25, 0.3) is 0 Å². The highest BCUT2D eigenvalue weighted by molar-refractivity contribution is 7.91. The van der Waals surface area contributed by atoms with Crippen molar-refractivity contribution in [1.82, 2.24) is 10.3 Å². The lowest BCUT2D eigenvalue weighted by Gasteiger charge is -2.06. The molecular formula is C15H16N2O3S. The fraction of sp³-hybridized carbons (Fsp3) is 0.200. The van der Waals surface area contributed by atoms with Crippen LogP contribution in [0.1, 0.15) is 16.1 Å². The smallest absolute Gasteiger partial charge is 0.252 e. The Kier molecular flexibility index (Phi) is 4.70. The van der Waals surface area contributed by atoms with Crippen molar-refractivity contribution in [3.63, 3.8) is 0 Å². The molecule has 6 heteroatoms. The van der Waals surface area contributed by atoms with E-state index in [1.54, 1.807) is 42.5 Å². The van der Waals surface area contributed by atoms with Crippen molar-refractivity contribution in [2.75, 3.05) is 12.3 Å². The summed E-state index contributed by atoms with van der Waals surface area (Å²) >= 11 is 0. The lowest BCUT2D eigenvalue weighted by Crippen LogP contribution is -2.29. The van der Waals surface area contributed by atoms with E-state index in [0.717, 1.165) is 5.69 Å². The SMILES string of the molecule is Cc1ccc(C(=O)NCCS(=O)(=O)c2ccccc2)cn1. The first kappa shape index (κ1) is 15.2. The minimum absolute atomic E-state index is 0.0595. The van der Waals surface area contributed by atoms with Gasteiger partial charge < -0.3 is 5.32 Å². The normalized spacial score (nSPS) is 11.1. The highest BCUT2D eigenvalue weighted by Gasteiger charge is 2.14. The Morgan fingerprint density at radius 3 is 2.48 bits per heavy atom. The number of hydrogen-bond acceptors (Lipinski definition) is 4. The topological polar surface area (TPSA) is 76.1 Å². The van der Waals surface area contributed by atoms with Gasteiger partial charge in [0.25, 0.3) is 5.91 Å². The van der Waals surface area contributed by atoms with E-state index in [2.05, 4.69) is 10.3 Å². The number of pyridine rings is 1. The molecule has 0 aliphatic carbocycles. The van der Waals surface area contributed by atoms with Gasteiger partial charge in [0.1, 0.15) is 0 Å². The van der Waals surface area contributed by atoms with Gasteiger partial charge in [0.05, 0.1) is 16.2 Å². The minimum Gasteiger partial charge on any atom is -0.351 e. The molecule has 1 heterocycles. The number of carbonyl (C=O) groups excluding carboxylic acids is 1. The first-order valence-electron chi connectivity index (χ1n) is 6.48. The van der Waals surface area contributed by atoms with Crippen molar-refractivity contribution in [3.8, 4) is 0 Å². The molecule has 2 rings (SSSR count). The van der Waals surface area contributed by atoms with Crippen molar-refractivity contribution in [3.05, 3.63) is 59.9 Å². The predicted octanol–water partition coefficient (Wildman–Crippen LogP) is 1.59. The molecule has 1 amide bonds. The van der Waals surface area contributed by atoms with Crippen LogP contribution in [-0.4, -0.2) is 31.6 Å². The summed E-state index contributed by atoms with van der Waals surface area (Å²) in [6.07, 6.45) is 1.47. The van der Waals surface area contributed by atoms with E-state index in [1.807, 2.05) is 6.92 Å². The average molecular weight is 304 g/mol. The van der Waals surface area contributed by atoms with Crippen molar-refractivity contribution < 1.29 is 13.2 Å². The highest BCUT2D eigenvalue weighted by Crippen LogP contribution is 2.09. The van der Waals surface area contributed by atoms with E-state index < -0.39 is 9.84 Å². The summed E-state index contributed by atoms with van der Waals surface area (Å²) in [6, 6.07) is 11.6. The van der Waals surface area contributed by atoms with Crippen LogP contribution in [0.15, 0.2) is 53.6 Å². The van der Waals surface area contributed by atoms with Gasteiger partial charge in [-0.3, -0.25) is 9.78 Å². The Labute approximate surface area is 124 Å². The largest absolute Gasteiger partial charge is 0.351 e. The number of carbonyl (C=O) groups is 1. The molecule has 5 nitrogen and oxygen atoms in total. The van der Waals surface area contributed by atoms with Gasteiger partial charge in [0.15, 0.2) is 9.84 Å². The quantitative estimate of drug-likeness (QED) is 0.910. The first-order valence-corrected chi connectivity index (χ1v) is 8.13. The summed E-state index contributed by atoms with van der Waals surface area (Å²) in [5, 5.41) is 2.59. The molecule has 0 radical (unpaired) electrons. The highest BCUT2D eigenvalue weighted by atomic mass is 32.2. The fourth-order valence-corrected chi connectivity index (χ4v) is 2.93. The van der Waals surface area contributed by atoms with E-state index in [-0.39, 0.29) is 23.1 Å². The van der Waals surface area contributed by atoms with E-state index in [4.69, 9.17) is 0 Å². The van der Waals surface area contributed by atoms with Crippen molar-refractivity contribution in [2.45, 2.75) is 11.8 Å². The number of sulfone groups is 1. The molecule has 2 aromatic rings. The zero-order valence-electron chi connectivity index (χ0n) is 11.6. The summed E-state index contributed by atoms with van der Waals surface area (Å²) in [6.45, 7) is 1.89. The molecule has 0 aliphatic heterocycles. The summed E-state index contributed by atoms with van der Waals surface area (Å²) in [7, 11) is -3.38. The van der Waals surface area contributed by atoms with Crippen LogP contribution < -0.4 is 5.32 Å². The Hall–Kier alpha value is -2.21. The zero-order valence-corrected chi connectivity index (χ0v) is 12.4. The third kappa shape index (κ3) is 4.13. The average Bonchev–Trinajstić information content (AvgIpc) is 2.48. The van der Waals surface area contributed by atoms with E-state index >= 15 is 0 Å². The third-order valence-corrected chi connectivity index (χ3v) is 4.66. The molecule has 110 valence electrons. The van der Waals surface area contributed by atoms with E-state index in [0.29, 0.717) is 5.56 Å². The first-order chi connectivity index (χ1) is 9.99. The second-order valence-electron chi connectivity index (χ2n) is 4.58. The molecule has 0 saturated heterocycles. The molecular weight excluding hydrogens is 288 g/mol. The van der Waals surface area contributed by atoms with Crippen LogP contribution in [0.2, 0.25) is 0 Å². The molecule has 1 N–H and O–H groups in total. The number of hydrogen-bond donors (Lipinski definition) is 1. The third-order valence-electron chi connectivity index (χ3n) is 2.93. The number of nitrogens with one attached hydrogen (secondary N) is 1. The van der Waals surface area contributed by atoms with Crippen LogP contribution in [0.5, 0.6) is 0 Å². The van der Waals surface area contributed by atoms with Gasteiger partial charge in [0, 0.05) is 18.4 Å². The number of nitrogens with zero attached hydrogens (tertiary/aromatic N) is 1. The number of rotatable bonds is 5. The Balaban J connectivity index is 1.92. The zero-order chi connectivity index (χ0) is 15.3. The van der Waals surface area contributed by atoms with Crippen LogP contribution in [0, 0.1) is 6.92 Å². The van der Waals surface area contributed by atoms with Gasteiger partial charge in [-0.25, -0.2) is 8.42 Å². The number of amides is 1. The Morgan fingerprint density at radius 1 is 1.14 bits per heavy atom. The van der Waals surface area contributed by atoms with Crippen LogP contribution in [-0.2, 0) is 9.84 Å². The molecule has 0 saturated carbocycles. The van der Waals surface area contributed by atoms with Crippen LogP contribution in [0.4, 0.5) is 0 Å². The van der Waals surface area contributed by atoms with E-state index in [1.165, 1.54) is 6.20 Å². The van der Waals surface area contributed by atoms with Gasteiger partial charge in [0.2, 0.25) is 0 Å². The number of benzene rings is 1. The fourth-order valence-electron chi connectivity index (χ4n) is 1.75. The molecule has 0 aliphatic rings. The summed E-state index contributed by atoms with van der Waals surface area (Å²) in [5.41, 5.74) is 1.23. The van der Waals surface area contributed by atoms with E-state index in [9.17, 15) is 13.2 Å². The van der Waals surface area contributed by atoms with Gasteiger partial charge in [-0.05, 0) is 31.2 Å². The van der Waals surface area contributed by atoms with Crippen LogP contribution >= 0.6 is 0 Å². The van der Waals surface area contributed by atoms with Crippen molar-refractivity contribution in [2.24, 2.45) is 0 Å².